The number of hydrogen-bond donors (Lipinski definition) is 0. The average Bonchev–Trinajstić information content (AvgIpc) is 2.81. The largest absolute Gasteiger partial charge is 0.292 e. The molecular weight excluding hydrogens is 238 g/mol. The molecule has 4 nitrogen and oxygen atoms in total. The van der Waals surface area contributed by atoms with Crippen LogP contribution in [0.15, 0.2) is 24.3 Å². The van der Waals surface area contributed by atoms with E-state index in [2.05, 4.69) is 10.1 Å². The van der Waals surface area contributed by atoms with Gasteiger partial charge in [0, 0.05) is 18.4 Å². The number of benzene rings is 1. The van der Waals surface area contributed by atoms with E-state index in [-0.39, 0.29) is 12.3 Å². The van der Waals surface area contributed by atoms with Crippen LogP contribution < -0.4 is 0 Å². The number of ketones is 1. The average molecular weight is 257 g/mol. The highest BCUT2D eigenvalue weighted by Gasteiger charge is 2.13. The van der Waals surface area contributed by atoms with E-state index in [1.807, 2.05) is 45.0 Å². The van der Waals surface area contributed by atoms with Crippen molar-refractivity contribution >= 4 is 5.78 Å². The number of carbonyl (C=O) groups excluding carboxylic acids is 1. The minimum atomic E-state index is 0.0837. The summed E-state index contributed by atoms with van der Waals surface area (Å²) < 4.78 is 1.73. The lowest BCUT2D eigenvalue weighted by molar-refractivity contribution is 0.0965. The molecule has 0 bridgehead atoms. The lowest BCUT2D eigenvalue weighted by Crippen LogP contribution is -2.15. The Morgan fingerprint density at radius 3 is 2.58 bits per heavy atom. The van der Waals surface area contributed by atoms with Crippen molar-refractivity contribution in [3.8, 4) is 0 Å². The number of carbonyl (C=O) groups is 1. The molecule has 1 heterocycles. The molecule has 0 aliphatic rings. The summed E-state index contributed by atoms with van der Waals surface area (Å²) in [5.41, 5.74) is 1.76. The van der Waals surface area contributed by atoms with Crippen molar-refractivity contribution in [2.45, 2.75) is 40.2 Å². The van der Waals surface area contributed by atoms with Gasteiger partial charge >= 0.3 is 0 Å². The van der Waals surface area contributed by atoms with Gasteiger partial charge in [-0.05, 0) is 12.5 Å². The topological polar surface area (TPSA) is 47.8 Å². The Morgan fingerprint density at radius 2 is 1.95 bits per heavy atom. The Hall–Kier alpha value is -1.97. The number of rotatable bonds is 5. The standard InChI is InChI=1S/C15H19N3O/c1-4-14-16-15(5-2)18(17-14)10-13(19)12-9-7-6-8-11(12)3/h6-9H,4-5,10H2,1-3H3. The van der Waals surface area contributed by atoms with Gasteiger partial charge in [0.25, 0.3) is 0 Å². The first-order valence-corrected chi connectivity index (χ1v) is 6.67. The minimum absolute atomic E-state index is 0.0837. The summed E-state index contributed by atoms with van der Waals surface area (Å²) in [7, 11) is 0. The molecule has 0 radical (unpaired) electrons. The van der Waals surface area contributed by atoms with Crippen molar-refractivity contribution in [1.29, 1.82) is 0 Å². The Kier molecular flexibility index (Phi) is 4.10. The van der Waals surface area contributed by atoms with Gasteiger partial charge in [0.15, 0.2) is 11.6 Å². The highest BCUT2D eigenvalue weighted by atomic mass is 16.1. The molecule has 0 unspecified atom stereocenters. The van der Waals surface area contributed by atoms with Gasteiger partial charge in [-0.25, -0.2) is 9.67 Å². The third kappa shape index (κ3) is 2.89. The Bertz CT molecular complexity index is 587. The lowest BCUT2D eigenvalue weighted by atomic mass is 10.1. The van der Waals surface area contributed by atoms with Gasteiger partial charge in [-0.2, -0.15) is 5.10 Å². The van der Waals surface area contributed by atoms with Crippen molar-refractivity contribution in [3.05, 3.63) is 47.0 Å². The van der Waals surface area contributed by atoms with Gasteiger partial charge in [-0.15, -0.1) is 0 Å². The lowest BCUT2D eigenvalue weighted by Gasteiger charge is -2.06. The summed E-state index contributed by atoms with van der Waals surface area (Å²) in [6.45, 7) is 6.26. The predicted molar refractivity (Wildman–Crippen MR) is 74.3 cm³/mol. The van der Waals surface area contributed by atoms with Gasteiger partial charge in [0.2, 0.25) is 0 Å². The third-order valence-electron chi connectivity index (χ3n) is 3.16. The van der Waals surface area contributed by atoms with E-state index in [1.165, 1.54) is 0 Å². The summed E-state index contributed by atoms with van der Waals surface area (Å²) in [5, 5.41) is 4.38. The van der Waals surface area contributed by atoms with Crippen LogP contribution in [0, 0.1) is 6.92 Å². The maximum Gasteiger partial charge on any atom is 0.184 e. The van der Waals surface area contributed by atoms with Crippen LogP contribution in [0.3, 0.4) is 0 Å². The third-order valence-corrected chi connectivity index (χ3v) is 3.16. The van der Waals surface area contributed by atoms with Gasteiger partial charge < -0.3 is 0 Å². The van der Waals surface area contributed by atoms with Crippen molar-refractivity contribution in [3.63, 3.8) is 0 Å². The monoisotopic (exact) mass is 257 g/mol. The first-order chi connectivity index (χ1) is 9.15. The number of aromatic nitrogens is 3. The van der Waals surface area contributed by atoms with Crippen LogP contribution in [0.5, 0.6) is 0 Å². The molecule has 0 aliphatic heterocycles. The van der Waals surface area contributed by atoms with E-state index < -0.39 is 0 Å². The molecule has 0 atom stereocenters. The van der Waals surface area contributed by atoms with E-state index in [1.54, 1.807) is 4.68 Å². The Balaban J connectivity index is 2.24. The van der Waals surface area contributed by atoms with Crippen molar-refractivity contribution in [2.24, 2.45) is 0 Å². The predicted octanol–water partition coefficient (Wildman–Crippen LogP) is 2.59. The molecule has 0 spiro atoms. The zero-order chi connectivity index (χ0) is 13.8. The van der Waals surface area contributed by atoms with Crippen LogP contribution in [0.2, 0.25) is 0 Å². The fraction of sp³-hybridized carbons (Fsp3) is 0.400. The van der Waals surface area contributed by atoms with Crippen LogP contribution in [-0.2, 0) is 19.4 Å². The molecule has 0 saturated carbocycles. The van der Waals surface area contributed by atoms with Crippen LogP contribution >= 0.6 is 0 Å². The van der Waals surface area contributed by atoms with Crippen LogP contribution in [0.4, 0.5) is 0 Å². The molecule has 2 rings (SSSR count). The highest BCUT2D eigenvalue weighted by molar-refractivity contribution is 5.97. The summed E-state index contributed by atoms with van der Waals surface area (Å²) >= 11 is 0. The van der Waals surface area contributed by atoms with Gasteiger partial charge in [-0.3, -0.25) is 4.79 Å². The number of aryl methyl sites for hydroxylation is 3. The Morgan fingerprint density at radius 1 is 1.21 bits per heavy atom. The first-order valence-electron chi connectivity index (χ1n) is 6.67. The zero-order valence-corrected chi connectivity index (χ0v) is 11.7. The van der Waals surface area contributed by atoms with Crippen molar-refractivity contribution in [1.82, 2.24) is 14.8 Å². The zero-order valence-electron chi connectivity index (χ0n) is 11.7. The molecule has 1 aromatic heterocycles. The first kappa shape index (κ1) is 13.5. The number of nitrogens with zero attached hydrogens (tertiary/aromatic N) is 3. The fourth-order valence-electron chi connectivity index (χ4n) is 2.07. The van der Waals surface area contributed by atoms with Crippen molar-refractivity contribution < 1.29 is 4.79 Å². The number of hydrogen-bond acceptors (Lipinski definition) is 3. The van der Waals surface area contributed by atoms with Crippen LogP contribution in [0.1, 0.15) is 41.4 Å². The second-order valence-corrected chi connectivity index (χ2v) is 4.55. The molecule has 0 fully saturated rings. The molecule has 0 amide bonds. The quantitative estimate of drug-likeness (QED) is 0.773. The van der Waals surface area contributed by atoms with Crippen LogP contribution in [-0.4, -0.2) is 20.5 Å². The van der Waals surface area contributed by atoms with E-state index in [0.29, 0.717) is 0 Å². The van der Waals surface area contributed by atoms with Crippen molar-refractivity contribution in [2.75, 3.05) is 0 Å². The summed E-state index contributed by atoms with van der Waals surface area (Å²) in [5.74, 6) is 1.76. The van der Waals surface area contributed by atoms with E-state index >= 15 is 0 Å². The molecule has 0 aliphatic carbocycles. The number of Topliss-reactive ketones (excluding diaryl/α,β-unsaturated/α-hetero) is 1. The highest BCUT2D eigenvalue weighted by Crippen LogP contribution is 2.10. The second kappa shape index (κ2) is 5.78. The molecule has 100 valence electrons. The summed E-state index contributed by atoms with van der Waals surface area (Å²) in [4.78, 5) is 16.7. The fourth-order valence-corrected chi connectivity index (χ4v) is 2.07. The summed E-state index contributed by atoms with van der Waals surface area (Å²) in [6.07, 6.45) is 1.58. The maximum absolute atomic E-state index is 12.3. The molecule has 2 aromatic rings. The van der Waals surface area contributed by atoms with E-state index in [0.717, 1.165) is 35.6 Å². The maximum atomic E-state index is 12.3. The SMILES string of the molecule is CCc1nc(CC)n(CC(=O)c2ccccc2C)n1. The van der Waals surface area contributed by atoms with Gasteiger partial charge in [-0.1, -0.05) is 38.1 Å². The minimum Gasteiger partial charge on any atom is -0.292 e. The van der Waals surface area contributed by atoms with E-state index in [4.69, 9.17) is 0 Å². The molecule has 0 saturated heterocycles. The molecule has 0 N–H and O–H groups in total. The normalized spacial score (nSPS) is 10.7. The molecule has 4 heteroatoms. The van der Waals surface area contributed by atoms with Gasteiger partial charge in [0.05, 0.1) is 0 Å². The molecule has 19 heavy (non-hydrogen) atoms. The van der Waals surface area contributed by atoms with E-state index in [9.17, 15) is 4.79 Å². The Labute approximate surface area is 113 Å². The van der Waals surface area contributed by atoms with Crippen LogP contribution in [0.25, 0.3) is 0 Å². The smallest absolute Gasteiger partial charge is 0.184 e. The van der Waals surface area contributed by atoms with Gasteiger partial charge in [0.1, 0.15) is 12.4 Å². The molecular formula is C15H19N3O. The summed E-state index contributed by atoms with van der Waals surface area (Å²) in [6, 6.07) is 7.64. The molecule has 1 aromatic carbocycles. The second-order valence-electron chi connectivity index (χ2n) is 4.55.